The molecule has 3 rings (SSSR count). The van der Waals surface area contributed by atoms with E-state index in [0.29, 0.717) is 0 Å². The largest absolute Gasteiger partial charge is 0.494 e. The van der Waals surface area contributed by atoms with E-state index in [9.17, 15) is 5.11 Å². The summed E-state index contributed by atoms with van der Waals surface area (Å²) < 4.78 is 0. The minimum atomic E-state index is 0.224. The van der Waals surface area contributed by atoms with Crippen LogP contribution in [0.25, 0.3) is 6.08 Å². The molecule has 0 fully saturated rings. The van der Waals surface area contributed by atoms with Crippen LogP contribution in [0.15, 0.2) is 72.6 Å². The molecule has 0 aromatic heterocycles. The van der Waals surface area contributed by atoms with Crippen molar-refractivity contribution in [2.45, 2.75) is 0 Å². The Balaban J connectivity index is 2.19. The van der Waals surface area contributed by atoms with Crippen molar-refractivity contribution in [3.05, 3.63) is 78.2 Å². The van der Waals surface area contributed by atoms with Gasteiger partial charge in [-0.1, -0.05) is 48.6 Å². The van der Waals surface area contributed by atoms with Crippen LogP contribution < -0.4 is 4.90 Å². The molecule has 2 aromatic carbocycles. The lowest BCUT2D eigenvalue weighted by molar-refractivity contribution is 0.403. The van der Waals surface area contributed by atoms with Crippen molar-refractivity contribution in [1.82, 2.24) is 0 Å². The maximum Gasteiger partial charge on any atom is 0.196 e. The molecule has 18 heavy (non-hydrogen) atoms. The minimum absolute atomic E-state index is 0.224. The molecule has 0 saturated heterocycles. The molecule has 0 unspecified atom stereocenters. The quantitative estimate of drug-likeness (QED) is 0.798. The van der Waals surface area contributed by atoms with Crippen LogP contribution in [0.5, 0.6) is 0 Å². The van der Waals surface area contributed by atoms with Gasteiger partial charge in [-0.25, -0.2) is 0 Å². The third kappa shape index (κ3) is 1.78. The summed E-state index contributed by atoms with van der Waals surface area (Å²) in [5, 5.41) is 10.2. The van der Waals surface area contributed by atoms with Crippen LogP contribution in [-0.4, -0.2) is 5.11 Å². The fourth-order valence-corrected chi connectivity index (χ4v) is 2.12. The summed E-state index contributed by atoms with van der Waals surface area (Å²) in [4.78, 5) is 1.84. The highest BCUT2D eigenvalue weighted by Crippen LogP contribution is 2.33. The lowest BCUT2D eigenvalue weighted by Crippen LogP contribution is -2.16. The molecule has 1 N–H and O–H groups in total. The van der Waals surface area contributed by atoms with Crippen LogP contribution in [0.4, 0.5) is 11.4 Å². The first-order valence-electron chi connectivity index (χ1n) is 5.88. The molecule has 0 amide bonds. The normalized spacial score (nSPS) is 13.8. The molecule has 2 heteroatoms. The van der Waals surface area contributed by atoms with Gasteiger partial charge in [0.05, 0.1) is 5.69 Å². The van der Waals surface area contributed by atoms with Gasteiger partial charge in [0.1, 0.15) is 0 Å². The second kappa shape index (κ2) is 4.41. The molecule has 0 saturated carbocycles. The standard InChI is InChI=1S/C16H13NO/c18-16-12-6-8-13-7-4-5-11-15(13)17(16)14-9-2-1-3-10-14/h1-12,18H. The van der Waals surface area contributed by atoms with Gasteiger partial charge < -0.3 is 5.11 Å². The average Bonchev–Trinajstić information content (AvgIpc) is 2.58. The maximum absolute atomic E-state index is 10.2. The van der Waals surface area contributed by atoms with Crippen molar-refractivity contribution < 1.29 is 5.11 Å². The topological polar surface area (TPSA) is 23.5 Å². The van der Waals surface area contributed by atoms with Gasteiger partial charge in [-0.3, -0.25) is 4.90 Å². The maximum atomic E-state index is 10.2. The van der Waals surface area contributed by atoms with Gasteiger partial charge in [-0.2, -0.15) is 0 Å². The molecule has 88 valence electrons. The Morgan fingerprint density at radius 2 is 1.56 bits per heavy atom. The van der Waals surface area contributed by atoms with E-state index in [2.05, 4.69) is 0 Å². The van der Waals surface area contributed by atoms with Gasteiger partial charge in [0, 0.05) is 5.69 Å². The van der Waals surface area contributed by atoms with E-state index in [1.165, 1.54) is 0 Å². The van der Waals surface area contributed by atoms with E-state index < -0.39 is 0 Å². The van der Waals surface area contributed by atoms with Crippen LogP contribution in [0, 0.1) is 0 Å². The fourth-order valence-electron chi connectivity index (χ4n) is 2.12. The van der Waals surface area contributed by atoms with Crippen LogP contribution in [0.2, 0.25) is 0 Å². The van der Waals surface area contributed by atoms with E-state index in [-0.39, 0.29) is 5.88 Å². The first-order chi connectivity index (χ1) is 8.86. The number of anilines is 2. The van der Waals surface area contributed by atoms with Gasteiger partial charge in [0.25, 0.3) is 0 Å². The van der Waals surface area contributed by atoms with Gasteiger partial charge in [0.15, 0.2) is 5.88 Å². The molecule has 2 nitrogen and oxygen atoms in total. The Kier molecular flexibility index (Phi) is 2.61. The number of allylic oxidation sites excluding steroid dienone is 2. The summed E-state index contributed by atoms with van der Waals surface area (Å²) in [6.45, 7) is 0. The number of fused-ring (bicyclic) bond motifs is 1. The zero-order valence-corrected chi connectivity index (χ0v) is 9.82. The molecular weight excluding hydrogens is 222 g/mol. The van der Waals surface area contributed by atoms with Crippen molar-refractivity contribution in [1.29, 1.82) is 0 Å². The van der Waals surface area contributed by atoms with Crippen molar-refractivity contribution in [2.24, 2.45) is 0 Å². The number of aliphatic hydroxyl groups excluding tert-OH is 1. The summed E-state index contributed by atoms with van der Waals surface area (Å²) in [6.07, 6.45) is 5.55. The summed E-state index contributed by atoms with van der Waals surface area (Å²) in [7, 11) is 0. The summed E-state index contributed by atoms with van der Waals surface area (Å²) in [5.41, 5.74) is 3.01. The van der Waals surface area contributed by atoms with E-state index in [0.717, 1.165) is 16.9 Å². The van der Waals surface area contributed by atoms with E-state index in [4.69, 9.17) is 0 Å². The summed E-state index contributed by atoms with van der Waals surface area (Å²) in [6, 6.07) is 17.9. The molecule has 0 atom stereocenters. The molecular formula is C16H13NO. The highest BCUT2D eigenvalue weighted by atomic mass is 16.3. The van der Waals surface area contributed by atoms with Crippen molar-refractivity contribution in [3.63, 3.8) is 0 Å². The predicted molar refractivity (Wildman–Crippen MR) is 74.8 cm³/mol. The van der Waals surface area contributed by atoms with E-state index >= 15 is 0 Å². The second-order valence-electron chi connectivity index (χ2n) is 4.11. The average molecular weight is 235 g/mol. The number of rotatable bonds is 1. The van der Waals surface area contributed by atoms with Crippen molar-refractivity contribution in [3.8, 4) is 0 Å². The Labute approximate surface area is 106 Å². The lowest BCUT2D eigenvalue weighted by atomic mass is 10.1. The Morgan fingerprint density at radius 3 is 2.39 bits per heavy atom. The third-order valence-electron chi connectivity index (χ3n) is 2.94. The van der Waals surface area contributed by atoms with Crippen LogP contribution >= 0.6 is 0 Å². The molecule has 0 aliphatic carbocycles. The number of para-hydroxylation sites is 2. The smallest absolute Gasteiger partial charge is 0.196 e. The molecule has 1 aliphatic heterocycles. The van der Waals surface area contributed by atoms with E-state index in [1.54, 1.807) is 6.08 Å². The van der Waals surface area contributed by atoms with Crippen LogP contribution in [0.1, 0.15) is 5.56 Å². The Bertz CT molecular complexity index is 614. The second-order valence-corrected chi connectivity index (χ2v) is 4.11. The molecule has 0 radical (unpaired) electrons. The highest BCUT2D eigenvalue weighted by molar-refractivity contribution is 5.78. The summed E-state index contributed by atoms with van der Waals surface area (Å²) in [5.74, 6) is 0.224. The molecule has 1 heterocycles. The molecule has 0 bridgehead atoms. The van der Waals surface area contributed by atoms with Crippen molar-refractivity contribution >= 4 is 17.5 Å². The first-order valence-corrected chi connectivity index (χ1v) is 5.88. The highest BCUT2D eigenvalue weighted by Gasteiger charge is 2.16. The number of hydrogen-bond acceptors (Lipinski definition) is 2. The van der Waals surface area contributed by atoms with Crippen LogP contribution in [-0.2, 0) is 0 Å². The zero-order chi connectivity index (χ0) is 12.4. The number of benzene rings is 2. The van der Waals surface area contributed by atoms with Gasteiger partial charge in [-0.05, 0) is 29.8 Å². The van der Waals surface area contributed by atoms with Crippen molar-refractivity contribution in [2.75, 3.05) is 4.90 Å². The number of hydrogen-bond donors (Lipinski definition) is 1. The van der Waals surface area contributed by atoms with Gasteiger partial charge in [0.2, 0.25) is 0 Å². The minimum Gasteiger partial charge on any atom is -0.494 e. The SMILES string of the molecule is OC1=CC=Cc2ccccc2N1c1ccccc1. The van der Waals surface area contributed by atoms with Gasteiger partial charge >= 0.3 is 0 Å². The monoisotopic (exact) mass is 235 g/mol. The Morgan fingerprint density at radius 1 is 0.833 bits per heavy atom. The van der Waals surface area contributed by atoms with Crippen LogP contribution in [0.3, 0.4) is 0 Å². The van der Waals surface area contributed by atoms with E-state index in [1.807, 2.05) is 71.6 Å². The molecule has 1 aliphatic rings. The number of nitrogens with zero attached hydrogens (tertiary/aromatic N) is 1. The molecule has 2 aromatic rings. The first kappa shape index (κ1) is 10.7. The zero-order valence-electron chi connectivity index (χ0n) is 9.82. The third-order valence-corrected chi connectivity index (χ3v) is 2.94. The fraction of sp³-hybridized carbons (Fsp3) is 0. The number of aliphatic hydroxyl groups is 1. The predicted octanol–water partition coefficient (Wildman–Crippen LogP) is 4.25. The van der Waals surface area contributed by atoms with Gasteiger partial charge in [-0.15, -0.1) is 0 Å². The summed E-state index contributed by atoms with van der Waals surface area (Å²) >= 11 is 0. The molecule has 0 spiro atoms. The Hall–Kier alpha value is -2.48. The lowest BCUT2D eigenvalue weighted by Gasteiger charge is -2.24.